The van der Waals surface area contributed by atoms with Crippen LogP contribution in [0.25, 0.3) is 11.1 Å². The van der Waals surface area contributed by atoms with Crippen LogP contribution in [-0.2, 0) is 33.7 Å². The first-order valence-corrected chi connectivity index (χ1v) is 13.1. The van der Waals surface area contributed by atoms with Gasteiger partial charge in [-0.3, -0.25) is 9.59 Å². The van der Waals surface area contributed by atoms with Crippen molar-refractivity contribution in [2.24, 2.45) is 5.73 Å². The Morgan fingerprint density at radius 3 is 2.57 bits per heavy atom. The Balaban J connectivity index is 1.31. The highest BCUT2D eigenvalue weighted by atomic mass is 16.5. The summed E-state index contributed by atoms with van der Waals surface area (Å²) in [6.07, 6.45) is 5.17. The van der Waals surface area contributed by atoms with E-state index in [1.165, 1.54) is 47.2 Å². The summed E-state index contributed by atoms with van der Waals surface area (Å²) in [5.74, 6) is -0.399. The molecule has 1 amide bonds. The highest BCUT2D eigenvalue weighted by Crippen LogP contribution is 2.27. The van der Waals surface area contributed by atoms with Crippen LogP contribution in [0.15, 0.2) is 42.5 Å². The van der Waals surface area contributed by atoms with E-state index < -0.39 is 12.0 Å². The van der Waals surface area contributed by atoms with Crippen molar-refractivity contribution in [1.82, 2.24) is 9.80 Å². The molecule has 0 aromatic heterocycles. The first kappa shape index (κ1) is 25.4. The van der Waals surface area contributed by atoms with Crippen LogP contribution in [0.1, 0.15) is 56.2 Å². The van der Waals surface area contributed by atoms with E-state index in [4.69, 9.17) is 10.5 Å². The van der Waals surface area contributed by atoms with Gasteiger partial charge in [-0.05, 0) is 80.3 Å². The highest BCUT2D eigenvalue weighted by Gasteiger charge is 2.23. The van der Waals surface area contributed by atoms with Crippen molar-refractivity contribution in [2.75, 3.05) is 26.2 Å². The molecular weight excluding hydrogens is 438 g/mol. The Morgan fingerprint density at radius 2 is 1.86 bits per heavy atom. The van der Waals surface area contributed by atoms with Gasteiger partial charge < -0.3 is 20.3 Å². The molecule has 2 aromatic carbocycles. The fourth-order valence-corrected chi connectivity index (χ4v) is 5.21. The molecule has 2 atom stereocenters. The van der Waals surface area contributed by atoms with Gasteiger partial charge in [-0.1, -0.05) is 42.5 Å². The molecule has 2 aromatic rings. The van der Waals surface area contributed by atoms with E-state index in [-0.39, 0.29) is 12.3 Å². The summed E-state index contributed by atoms with van der Waals surface area (Å²) in [6.45, 7) is 8.06. The molecule has 0 unspecified atom stereocenters. The maximum Gasteiger partial charge on any atom is 0.322 e. The third kappa shape index (κ3) is 6.50. The van der Waals surface area contributed by atoms with Gasteiger partial charge in [0.05, 0.1) is 6.61 Å². The number of carbonyl (C=O) groups is 2. The summed E-state index contributed by atoms with van der Waals surface area (Å²) in [4.78, 5) is 28.8. The van der Waals surface area contributed by atoms with E-state index in [9.17, 15) is 9.59 Å². The van der Waals surface area contributed by atoms with Crippen LogP contribution < -0.4 is 5.73 Å². The van der Waals surface area contributed by atoms with E-state index in [1.807, 2.05) is 4.90 Å². The van der Waals surface area contributed by atoms with E-state index in [0.29, 0.717) is 26.1 Å². The number of amides is 1. The van der Waals surface area contributed by atoms with E-state index in [0.717, 1.165) is 25.4 Å². The SMILES string of the molecule is CCOC(=O)[C@@H](N)CCC(=O)N1CCc2cc(-c3ccc(CCN4CCC[C@H]4C)cc3)ccc2C1. The normalized spacial score (nSPS) is 18.8. The third-order valence-corrected chi connectivity index (χ3v) is 7.50. The van der Waals surface area contributed by atoms with Gasteiger partial charge in [-0.25, -0.2) is 0 Å². The Hall–Kier alpha value is -2.70. The minimum atomic E-state index is -0.742. The van der Waals surface area contributed by atoms with Gasteiger partial charge in [0.15, 0.2) is 0 Å². The number of nitrogens with two attached hydrogens (primary N) is 1. The number of carbonyl (C=O) groups excluding carboxylic acids is 2. The summed E-state index contributed by atoms with van der Waals surface area (Å²) < 4.78 is 4.93. The largest absolute Gasteiger partial charge is 0.465 e. The lowest BCUT2D eigenvalue weighted by molar-refractivity contribution is -0.145. The minimum Gasteiger partial charge on any atom is -0.465 e. The smallest absolute Gasteiger partial charge is 0.322 e. The molecule has 2 heterocycles. The molecule has 1 fully saturated rings. The number of hydrogen-bond donors (Lipinski definition) is 1. The number of likely N-dealkylation sites (tertiary alicyclic amines) is 1. The quantitative estimate of drug-likeness (QED) is 0.554. The molecule has 6 nitrogen and oxygen atoms in total. The van der Waals surface area contributed by atoms with Gasteiger partial charge in [0.25, 0.3) is 0 Å². The molecule has 0 saturated carbocycles. The van der Waals surface area contributed by atoms with Crippen molar-refractivity contribution in [1.29, 1.82) is 0 Å². The zero-order valence-electron chi connectivity index (χ0n) is 21.2. The molecule has 1 saturated heterocycles. The predicted molar refractivity (Wildman–Crippen MR) is 139 cm³/mol. The Bertz CT molecular complexity index is 1020. The van der Waals surface area contributed by atoms with E-state index in [2.05, 4.69) is 54.3 Å². The zero-order valence-corrected chi connectivity index (χ0v) is 21.2. The number of hydrogen-bond acceptors (Lipinski definition) is 5. The molecule has 2 aliphatic heterocycles. The number of benzene rings is 2. The number of nitrogens with zero attached hydrogens (tertiary/aromatic N) is 2. The van der Waals surface area contributed by atoms with Gasteiger partial charge in [-0.2, -0.15) is 0 Å². The molecule has 6 heteroatoms. The van der Waals surface area contributed by atoms with Crippen molar-refractivity contribution in [3.8, 4) is 11.1 Å². The van der Waals surface area contributed by atoms with Gasteiger partial charge in [0.2, 0.25) is 5.91 Å². The molecule has 0 aliphatic carbocycles. The standard InChI is InChI=1S/C29H39N3O3/c1-3-35-29(34)27(30)12-13-28(33)32-18-15-25-19-24(10-11-26(25)20-32)23-8-6-22(7-9-23)14-17-31-16-4-5-21(31)2/h6-11,19,21,27H,3-5,12-18,20,30H2,1-2H3/t21-,27+/m1/s1. The number of rotatable bonds is 9. The van der Waals surface area contributed by atoms with Crippen molar-refractivity contribution in [2.45, 2.75) is 71.0 Å². The van der Waals surface area contributed by atoms with Crippen molar-refractivity contribution >= 4 is 11.9 Å². The summed E-state index contributed by atoms with van der Waals surface area (Å²) in [7, 11) is 0. The molecule has 0 radical (unpaired) electrons. The third-order valence-electron chi connectivity index (χ3n) is 7.50. The monoisotopic (exact) mass is 477 g/mol. The van der Waals surface area contributed by atoms with E-state index in [1.54, 1.807) is 6.92 Å². The topological polar surface area (TPSA) is 75.9 Å². The van der Waals surface area contributed by atoms with Crippen LogP contribution in [0.3, 0.4) is 0 Å². The minimum absolute atomic E-state index is 0.0402. The maximum atomic E-state index is 12.7. The van der Waals surface area contributed by atoms with Crippen LogP contribution in [0.2, 0.25) is 0 Å². The Morgan fingerprint density at radius 1 is 1.09 bits per heavy atom. The van der Waals surface area contributed by atoms with Gasteiger partial charge >= 0.3 is 5.97 Å². The van der Waals surface area contributed by atoms with Crippen molar-refractivity contribution in [3.63, 3.8) is 0 Å². The van der Waals surface area contributed by atoms with Crippen LogP contribution in [0, 0.1) is 0 Å². The lowest BCUT2D eigenvalue weighted by Crippen LogP contribution is -2.38. The maximum absolute atomic E-state index is 12.7. The average molecular weight is 478 g/mol. The second-order valence-corrected chi connectivity index (χ2v) is 9.92. The van der Waals surface area contributed by atoms with Crippen LogP contribution in [-0.4, -0.2) is 60.0 Å². The molecule has 4 rings (SSSR count). The summed E-state index contributed by atoms with van der Waals surface area (Å²) in [5, 5.41) is 0. The zero-order chi connectivity index (χ0) is 24.8. The molecular formula is C29H39N3O3. The van der Waals surface area contributed by atoms with Gasteiger partial charge in [0, 0.05) is 32.1 Å². The molecule has 0 bridgehead atoms. The van der Waals surface area contributed by atoms with Crippen LogP contribution >= 0.6 is 0 Å². The molecule has 188 valence electrons. The average Bonchev–Trinajstić information content (AvgIpc) is 3.30. The molecule has 2 aliphatic rings. The second-order valence-electron chi connectivity index (χ2n) is 9.92. The Kier molecular flexibility index (Phi) is 8.58. The van der Waals surface area contributed by atoms with Gasteiger partial charge in [0.1, 0.15) is 6.04 Å². The van der Waals surface area contributed by atoms with Crippen molar-refractivity contribution in [3.05, 3.63) is 59.2 Å². The van der Waals surface area contributed by atoms with E-state index >= 15 is 0 Å². The first-order chi connectivity index (χ1) is 16.9. The second kappa shape index (κ2) is 11.8. The number of ether oxygens (including phenoxy) is 1. The number of fused-ring (bicyclic) bond motifs is 1. The molecule has 2 N–H and O–H groups in total. The van der Waals surface area contributed by atoms with Gasteiger partial charge in [-0.15, -0.1) is 0 Å². The summed E-state index contributed by atoms with van der Waals surface area (Å²) in [5.41, 5.74) is 12.2. The molecule has 0 spiro atoms. The fourth-order valence-electron chi connectivity index (χ4n) is 5.21. The van der Waals surface area contributed by atoms with Crippen LogP contribution in [0.4, 0.5) is 0 Å². The lowest BCUT2D eigenvalue weighted by Gasteiger charge is -2.29. The fraction of sp³-hybridized carbons (Fsp3) is 0.517. The van der Waals surface area contributed by atoms with Crippen molar-refractivity contribution < 1.29 is 14.3 Å². The summed E-state index contributed by atoms with van der Waals surface area (Å²) >= 11 is 0. The summed E-state index contributed by atoms with van der Waals surface area (Å²) in [6, 6.07) is 15.5. The first-order valence-electron chi connectivity index (χ1n) is 13.1. The van der Waals surface area contributed by atoms with Crippen LogP contribution in [0.5, 0.6) is 0 Å². The lowest BCUT2D eigenvalue weighted by atomic mass is 9.94. The number of esters is 1. The molecule has 35 heavy (non-hydrogen) atoms. The Labute approximate surface area is 209 Å². The predicted octanol–water partition coefficient (Wildman–Crippen LogP) is 3.94. The highest BCUT2D eigenvalue weighted by molar-refractivity contribution is 5.79.